The van der Waals surface area contributed by atoms with Crippen molar-refractivity contribution in [1.82, 2.24) is 0 Å². The molecule has 8 heteroatoms. The second kappa shape index (κ2) is 9.01. The molecule has 0 heterocycles. The molecule has 0 amide bonds. The number of halogens is 4. The Morgan fingerprint density at radius 2 is 0.438 bits per heavy atom. The van der Waals surface area contributed by atoms with Crippen molar-refractivity contribution in [3.63, 3.8) is 0 Å². The summed E-state index contributed by atoms with van der Waals surface area (Å²) in [6, 6.07) is 0. The first-order valence-corrected chi connectivity index (χ1v) is 29.5. The van der Waals surface area contributed by atoms with Crippen molar-refractivity contribution in [2.24, 2.45) is 0 Å². The molecule has 0 aromatic heterocycles. The maximum atomic E-state index is 8.34. The van der Waals surface area contributed by atoms with Gasteiger partial charge >= 0.3 is 0 Å². The van der Waals surface area contributed by atoms with Crippen LogP contribution in [-0.4, -0.2) is 25.3 Å². The molecule has 0 spiro atoms. The molecule has 0 aliphatic carbocycles. The molecule has 0 bridgehead atoms. The Balaban J connectivity index is 8.24. The van der Waals surface area contributed by atoms with E-state index in [-0.39, 0.29) is 30.2 Å². The van der Waals surface area contributed by atoms with Crippen molar-refractivity contribution in [3.8, 4) is 0 Å². The fourth-order valence-electron chi connectivity index (χ4n) is 10.0. The highest BCUT2D eigenvalue weighted by Crippen LogP contribution is 2.76. The predicted octanol–water partition coefficient (Wildman–Crippen LogP) is 12.1. The summed E-state index contributed by atoms with van der Waals surface area (Å²) in [5.74, 6) is 0. The summed E-state index contributed by atoms with van der Waals surface area (Å²) in [4.78, 5) is 0. The van der Waals surface area contributed by atoms with Crippen LogP contribution in [0.4, 0.5) is 0 Å². The van der Waals surface area contributed by atoms with Crippen molar-refractivity contribution >= 4 is 78.0 Å². The molecule has 0 radical (unpaired) electrons. The lowest BCUT2D eigenvalue weighted by atomic mass is 10.2. The zero-order chi connectivity index (χ0) is 27.0. The van der Waals surface area contributed by atoms with Gasteiger partial charge in [0.05, 0.1) is 15.2 Å². The van der Waals surface area contributed by atoms with Crippen LogP contribution < -0.4 is 0 Å². The second-order valence-corrected chi connectivity index (χ2v) is 72.8. The van der Waals surface area contributed by atoms with E-state index in [1.54, 1.807) is 0 Å². The van der Waals surface area contributed by atoms with E-state index in [9.17, 15) is 0 Å². The van der Waals surface area contributed by atoms with Crippen LogP contribution in [0.2, 0.25) is 30.2 Å². The van der Waals surface area contributed by atoms with Crippen LogP contribution in [0.3, 0.4) is 0 Å². The lowest BCUT2D eigenvalue weighted by Gasteiger charge is -2.71. The van der Waals surface area contributed by atoms with Gasteiger partial charge in [0.2, 0.25) is 10.1 Å². The summed E-state index contributed by atoms with van der Waals surface area (Å²) in [6.45, 7) is 44.1. The molecule has 0 saturated carbocycles. The van der Waals surface area contributed by atoms with E-state index < -0.39 is 25.3 Å². The first-order chi connectivity index (χ1) is 13.2. The normalized spacial score (nSPS) is 20.1. The Morgan fingerprint density at radius 3 is 0.500 bits per heavy atom. The quantitative estimate of drug-likeness (QED) is 0.205. The number of hydrogen-bond donors (Lipinski definition) is 0. The minimum atomic E-state index is -2.78. The Kier molecular flexibility index (Phi) is 9.69. The summed E-state index contributed by atoms with van der Waals surface area (Å²) < 4.78 is 0. The van der Waals surface area contributed by atoms with Crippen LogP contribution >= 0.6 is 52.7 Å². The maximum Gasteiger partial charge on any atom is 0.233 e. The van der Waals surface area contributed by atoms with E-state index in [1.165, 1.54) is 0 Å². The monoisotopic (exact) mass is 682 g/mol. The molecule has 2 unspecified atom stereocenters. The standard InChI is InChI=1S/C24H54Br2Cl2Si4/c1-19(2,3)29(20(4,5)6,21(7,8)9)31(25,27)32(26,28)30(22(10,11)12,23(13,14)15)24(16,17)18/h1-18H3. The van der Waals surface area contributed by atoms with Crippen LogP contribution in [0.5, 0.6) is 0 Å². The van der Waals surface area contributed by atoms with Gasteiger partial charge in [0, 0.05) is 0 Å². The summed E-state index contributed by atoms with van der Waals surface area (Å²) in [5.41, 5.74) is 0. The Morgan fingerprint density at radius 1 is 0.344 bits per heavy atom. The molecule has 194 valence electrons. The van der Waals surface area contributed by atoms with Crippen molar-refractivity contribution in [2.45, 2.75) is 155 Å². The largest absolute Gasteiger partial charge is 0.233 e. The van der Waals surface area contributed by atoms with Gasteiger partial charge in [-0.15, -0.1) is 30.6 Å². The molecule has 0 fully saturated rings. The van der Waals surface area contributed by atoms with Crippen LogP contribution in [0.25, 0.3) is 0 Å². The molecule has 0 aromatic carbocycles. The topological polar surface area (TPSA) is 0 Å². The van der Waals surface area contributed by atoms with Crippen molar-refractivity contribution in [2.75, 3.05) is 0 Å². The molecule has 32 heavy (non-hydrogen) atoms. The predicted molar refractivity (Wildman–Crippen MR) is 171 cm³/mol. The van der Waals surface area contributed by atoms with E-state index in [0.717, 1.165) is 0 Å². The zero-order valence-electron chi connectivity index (χ0n) is 24.5. The van der Waals surface area contributed by atoms with Gasteiger partial charge in [-0.2, -0.15) is 22.2 Å². The smallest absolute Gasteiger partial charge is 0.157 e. The van der Waals surface area contributed by atoms with Gasteiger partial charge < -0.3 is 0 Å². The highest BCUT2D eigenvalue weighted by Gasteiger charge is 2.84. The molecule has 0 aromatic rings. The Bertz CT molecular complexity index is 546. The van der Waals surface area contributed by atoms with Crippen molar-refractivity contribution in [1.29, 1.82) is 0 Å². The van der Waals surface area contributed by atoms with Crippen LogP contribution in [0.1, 0.15) is 125 Å². The van der Waals surface area contributed by atoms with Crippen molar-refractivity contribution in [3.05, 3.63) is 0 Å². The van der Waals surface area contributed by atoms with Crippen LogP contribution in [0.15, 0.2) is 0 Å². The molecular weight excluding hydrogens is 631 g/mol. The van der Waals surface area contributed by atoms with Gasteiger partial charge in [-0.3, -0.25) is 0 Å². The fourth-order valence-corrected chi connectivity index (χ4v) is 160. The Hall–Kier alpha value is 2.41. The summed E-state index contributed by atoms with van der Waals surface area (Å²) in [6.07, 6.45) is 0. The number of hydrogen-bond acceptors (Lipinski definition) is 0. The average Bonchev–Trinajstić information content (AvgIpc) is 2.25. The summed E-state index contributed by atoms with van der Waals surface area (Å²) in [7, 11) is -4.74. The zero-order valence-corrected chi connectivity index (χ0v) is 33.2. The lowest BCUT2D eigenvalue weighted by molar-refractivity contribution is 0.552. The molecule has 0 rings (SSSR count). The molecule has 0 aliphatic rings. The van der Waals surface area contributed by atoms with Crippen molar-refractivity contribution < 1.29 is 0 Å². The molecule has 0 saturated heterocycles. The van der Waals surface area contributed by atoms with Gasteiger partial charge in [0.25, 0.3) is 0 Å². The SMILES string of the molecule is CC(C)(C)[Si](C(C)(C)C)(C(C)(C)C)[Si](Cl)(Br)[Si](Cl)(Br)[Si](C(C)(C)C)(C(C)(C)C)C(C)(C)C. The lowest BCUT2D eigenvalue weighted by Crippen LogP contribution is -2.87. The second-order valence-electron chi connectivity index (χ2n) is 16.1. The van der Waals surface area contributed by atoms with Crippen LogP contribution in [-0.2, 0) is 0 Å². The van der Waals surface area contributed by atoms with E-state index in [0.29, 0.717) is 0 Å². The molecule has 0 aliphatic heterocycles. The first kappa shape index (κ1) is 34.4. The first-order valence-electron chi connectivity index (χ1n) is 12.0. The third-order valence-corrected chi connectivity index (χ3v) is 112. The van der Waals surface area contributed by atoms with E-state index in [1.807, 2.05) is 0 Å². The molecule has 2 atom stereocenters. The number of rotatable bonds is 3. The fraction of sp³-hybridized carbons (Fsp3) is 1.00. The highest BCUT2D eigenvalue weighted by atomic mass is 79.9. The van der Waals surface area contributed by atoms with E-state index >= 15 is 0 Å². The maximum absolute atomic E-state index is 8.34. The summed E-state index contributed by atoms with van der Waals surface area (Å²) in [5, 5.41) is -5.08. The van der Waals surface area contributed by atoms with E-state index in [2.05, 4.69) is 155 Å². The minimum Gasteiger partial charge on any atom is -0.157 e. The molecule has 0 N–H and O–H groups in total. The van der Waals surface area contributed by atoms with Gasteiger partial charge in [-0.05, 0) is 30.2 Å². The van der Waals surface area contributed by atoms with Gasteiger partial charge in [0.1, 0.15) is 0 Å². The minimum absolute atomic E-state index is 0.0790. The average molecular weight is 686 g/mol. The van der Waals surface area contributed by atoms with Gasteiger partial charge in [-0.25, -0.2) is 0 Å². The Labute approximate surface area is 231 Å². The molecular formula is C24H54Br2Cl2Si4. The van der Waals surface area contributed by atoms with E-state index in [4.69, 9.17) is 22.2 Å². The highest BCUT2D eigenvalue weighted by molar-refractivity contribution is 9.42. The molecule has 0 nitrogen and oxygen atoms in total. The van der Waals surface area contributed by atoms with Crippen LogP contribution in [0, 0.1) is 0 Å². The van der Waals surface area contributed by atoms with Gasteiger partial charge in [0.15, 0.2) is 0 Å². The summed E-state index contributed by atoms with van der Waals surface area (Å²) >= 11 is 25.7. The third-order valence-electron chi connectivity index (χ3n) is 8.09. The van der Waals surface area contributed by atoms with Gasteiger partial charge in [-0.1, -0.05) is 125 Å². The third kappa shape index (κ3) is 4.60.